The van der Waals surface area contributed by atoms with Crippen molar-refractivity contribution in [3.63, 3.8) is 0 Å². The molecule has 21 heavy (non-hydrogen) atoms. The molecule has 0 spiro atoms. The van der Waals surface area contributed by atoms with Crippen LogP contribution < -0.4 is 4.43 Å². The molecule has 0 aliphatic heterocycles. The van der Waals surface area contributed by atoms with E-state index in [-0.39, 0.29) is 22.4 Å². The van der Waals surface area contributed by atoms with Crippen LogP contribution in [-0.2, 0) is 5.33 Å². The van der Waals surface area contributed by atoms with Gasteiger partial charge in [-0.05, 0) is 34.3 Å². The standard InChI is InChI=1S/C16H25BrF2OSi/c1-10(2)21(11(3)4,12(5)6)20-16-14(18)7-13(9-17)8-15(16)19/h7-8,10-12H,9H2,1-6H3. The first-order valence-corrected chi connectivity index (χ1v) is 10.7. The van der Waals surface area contributed by atoms with Crippen LogP contribution in [0.25, 0.3) is 0 Å². The lowest BCUT2D eigenvalue weighted by Gasteiger charge is -2.42. The van der Waals surface area contributed by atoms with E-state index in [2.05, 4.69) is 57.5 Å². The van der Waals surface area contributed by atoms with Gasteiger partial charge >= 0.3 is 0 Å². The van der Waals surface area contributed by atoms with Gasteiger partial charge in [-0.3, -0.25) is 0 Å². The van der Waals surface area contributed by atoms with Gasteiger partial charge in [-0.25, -0.2) is 8.78 Å². The highest BCUT2D eigenvalue weighted by Crippen LogP contribution is 2.43. The van der Waals surface area contributed by atoms with Crippen molar-refractivity contribution in [1.82, 2.24) is 0 Å². The van der Waals surface area contributed by atoms with Crippen LogP contribution in [0, 0.1) is 11.6 Å². The lowest BCUT2D eigenvalue weighted by Crippen LogP contribution is -2.51. The van der Waals surface area contributed by atoms with E-state index in [9.17, 15) is 8.78 Å². The van der Waals surface area contributed by atoms with Crippen LogP contribution in [0.3, 0.4) is 0 Å². The molecule has 0 bridgehead atoms. The zero-order chi connectivity index (χ0) is 16.4. The smallest absolute Gasteiger partial charge is 0.259 e. The van der Waals surface area contributed by atoms with Crippen molar-refractivity contribution < 1.29 is 13.2 Å². The third-order valence-corrected chi connectivity index (χ3v) is 10.8. The van der Waals surface area contributed by atoms with Crippen LogP contribution in [0.15, 0.2) is 12.1 Å². The summed E-state index contributed by atoms with van der Waals surface area (Å²) in [5.74, 6) is -1.42. The Balaban J connectivity index is 3.34. The van der Waals surface area contributed by atoms with Crippen molar-refractivity contribution in [1.29, 1.82) is 0 Å². The molecule has 0 amide bonds. The summed E-state index contributed by atoms with van der Waals surface area (Å²) in [5, 5.41) is 0.419. The third kappa shape index (κ3) is 3.67. The molecule has 0 saturated heterocycles. The van der Waals surface area contributed by atoms with Crippen LogP contribution in [0.2, 0.25) is 16.6 Å². The van der Waals surface area contributed by atoms with E-state index in [0.29, 0.717) is 10.9 Å². The van der Waals surface area contributed by atoms with Crippen LogP contribution >= 0.6 is 15.9 Å². The van der Waals surface area contributed by atoms with E-state index in [1.54, 1.807) is 0 Å². The normalized spacial score (nSPS) is 12.6. The van der Waals surface area contributed by atoms with Crippen molar-refractivity contribution >= 4 is 24.2 Å². The Labute approximate surface area is 136 Å². The van der Waals surface area contributed by atoms with Crippen molar-refractivity contribution in [2.24, 2.45) is 0 Å². The lowest BCUT2D eigenvalue weighted by molar-refractivity contribution is 0.414. The molecule has 0 aliphatic carbocycles. The minimum Gasteiger partial charge on any atom is -0.539 e. The minimum atomic E-state index is -2.35. The molecule has 0 aromatic heterocycles. The highest BCUT2D eigenvalue weighted by molar-refractivity contribution is 9.08. The number of benzene rings is 1. The number of halogens is 3. The zero-order valence-electron chi connectivity index (χ0n) is 13.6. The predicted molar refractivity (Wildman–Crippen MR) is 90.7 cm³/mol. The Morgan fingerprint density at radius 2 is 1.33 bits per heavy atom. The Kier molecular flexibility index (Phi) is 6.41. The molecule has 0 unspecified atom stereocenters. The topological polar surface area (TPSA) is 9.23 Å². The molecule has 0 fully saturated rings. The summed E-state index contributed by atoms with van der Waals surface area (Å²) in [5.41, 5.74) is 1.38. The number of alkyl halides is 1. The number of rotatable bonds is 6. The van der Waals surface area contributed by atoms with Gasteiger partial charge in [-0.2, -0.15) is 0 Å². The van der Waals surface area contributed by atoms with Crippen molar-refractivity contribution in [2.45, 2.75) is 63.5 Å². The van der Waals surface area contributed by atoms with E-state index in [1.165, 1.54) is 12.1 Å². The number of hydrogen-bond donors (Lipinski definition) is 0. The van der Waals surface area contributed by atoms with E-state index < -0.39 is 20.0 Å². The first-order valence-electron chi connectivity index (χ1n) is 7.39. The molecule has 0 N–H and O–H groups in total. The van der Waals surface area contributed by atoms with E-state index in [0.717, 1.165) is 0 Å². The summed E-state index contributed by atoms with van der Waals surface area (Å²) in [6, 6.07) is 2.68. The molecule has 0 radical (unpaired) electrons. The average Bonchev–Trinajstić information content (AvgIpc) is 2.36. The molecular weight excluding hydrogens is 354 g/mol. The summed E-state index contributed by atoms with van der Waals surface area (Å²) in [7, 11) is -2.35. The van der Waals surface area contributed by atoms with Gasteiger partial charge in [0.15, 0.2) is 17.4 Å². The molecule has 1 aromatic rings. The molecule has 1 nitrogen and oxygen atoms in total. The monoisotopic (exact) mass is 378 g/mol. The van der Waals surface area contributed by atoms with Crippen LogP contribution in [0.5, 0.6) is 5.75 Å². The zero-order valence-corrected chi connectivity index (χ0v) is 16.2. The van der Waals surface area contributed by atoms with E-state index in [1.807, 2.05) is 0 Å². The van der Waals surface area contributed by atoms with Gasteiger partial charge in [-0.15, -0.1) is 0 Å². The molecule has 1 rings (SSSR count). The minimum absolute atomic E-state index is 0.206. The van der Waals surface area contributed by atoms with Gasteiger partial charge in [0.2, 0.25) is 0 Å². The molecule has 0 heterocycles. The van der Waals surface area contributed by atoms with Gasteiger partial charge in [0.05, 0.1) is 0 Å². The van der Waals surface area contributed by atoms with Gasteiger partial charge < -0.3 is 4.43 Å². The van der Waals surface area contributed by atoms with Crippen molar-refractivity contribution in [2.75, 3.05) is 0 Å². The Morgan fingerprint density at radius 1 is 0.952 bits per heavy atom. The average molecular weight is 379 g/mol. The maximum atomic E-state index is 14.3. The van der Waals surface area contributed by atoms with E-state index >= 15 is 0 Å². The highest BCUT2D eigenvalue weighted by Gasteiger charge is 2.47. The summed E-state index contributed by atoms with van der Waals surface area (Å²) in [6.07, 6.45) is 0. The molecule has 0 saturated carbocycles. The fraction of sp³-hybridized carbons (Fsp3) is 0.625. The first-order chi connectivity index (χ1) is 9.66. The second kappa shape index (κ2) is 7.23. The lowest BCUT2D eigenvalue weighted by atomic mass is 10.2. The maximum absolute atomic E-state index is 14.3. The summed E-state index contributed by atoms with van der Waals surface area (Å²) < 4.78 is 34.6. The molecule has 0 atom stereocenters. The van der Waals surface area contributed by atoms with Gasteiger partial charge in [-0.1, -0.05) is 57.5 Å². The van der Waals surface area contributed by atoms with Gasteiger partial charge in [0.25, 0.3) is 8.32 Å². The van der Waals surface area contributed by atoms with Crippen molar-refractivity contribution in [3.8, 4) is 5.75 Å². The largest absolute Gasteiger partial charge is 0.539 e. The van der Waals surface area contributed by atoms with Crippen LogP contribution in [0.4, 0.5) is 8.78 Å². The first kappa shape index (κ1) is 18.6. The highest BCUT2D eigenvalue weighted by atomic mass is 79.9. The number of hydrogen-bond acceptors (Lipinski definition) is 1. The molecule has 120 valence electrons. The molecule has 1 aromatic carbocycles. The van der Waals surface area contributed by atoms with E-state index in [4.69, 9.17) is 4.43 Å². The second-order valence-corrected chi connectivity index (χ2v) is 12.4. The Bertz CT molecular complexity index is 444. The van der Waals surface area contributed by atoms with Gasteiger partial charge in [0.1, 0.15) is 0 Å². The summed E-state index contributed by atoms with van der Waals surface area (Å²) in [4.78, 5) is 0. The Morgan fingerprint density at radius 3 is 1.62 bits per heavy atom. The second-order valence-electron chi connectivity index (χ2n) is 6.44. The van der Waals surface area contributed by atoms with Crippen LogP contribution in [-0.4, -0.2) is 8.32 Å². The fourth-order valence-electron chi connectivity index (χ4n) is 3.32. The summed E-state index contributed by atoms with van der Waals surface area (Å²) >= 11 is 3.22. The van der Waals surface area contributed by atoms with Crippen molar-refractivity contribution in [3.05, 3.63) is 29.3 Å². The molecule has 0 aliphatic rings. The van der Waals surface area contributed by atoms with Gasteiger partial charge in [0, 0.05) is 5.33 Å². The van der Waals surface area contributed by atoms with Crippen LogP contribution in [0.1, 0.15) is 47.1 Å². The maximum Gasteiger partial charge on any atom is 0.259 e. The fourth-order valence-corrected chi connectivity index (χ4v) is 8.90. The quantitative estimate of drug-likeness (QED) is 0.410. The SMILES string of the molecule is CC(C)[Si](Oc1c(F)cc(CBr)cc1F)(C(C)C)C(C)C. The predicted octanol–water partition coefficient (Wildman–Crippen LogP) is 6.41. The Hall–Kier alpha value is -0.423. The molecule has 5 heteroatoms. The third-order valence-electron chi connectivity index (χ3n) is 4.20. The molecular formula is C16H25BrF2OSi. The summed E-state index contributed by atoms with van der Waals surface area (Å²) in [6.45, 7) is 12.6.